The Bertz CT molecular complexity index is 563. The molecule has 0 bridgehead atoms. The number of terminal acetylenes is 1. The van der Waals surface area contributed by atoms with E-state index < -0.39 is 18.8 Å². The molecule has 1 aliphatic rings. The number of rotatable bonds is 3. The number of nitrogens with one attached hydrogen (secondary N) is 1. The minimum Gasteiger partial charge on any atom is -0.329 e. The number of alkyl halides is 3. The van der Waals surface area contributed by atoms with Crippen molar-refractivity contribution in [1.82, 2.24) is 10.2 Å². The maximum atomic E-state index is 12.2. The van der Waals surface area contributed by atoms with Crippen molar-refractivity contribution in [3.05, 3.63) is 35.4 Å². The van der Waals surface area contributed by atoms with Gasteiger partial charge in [0, 0.05) is 0 Å². The number of aryl methyl sites for hydroxylation is 1. The van der Waals surface area contributed by atoms with Crippen LogP contribution in [-0.2, 0) is 6.42 Å². The fourth-order valence-electron chi connectivity index (χ4n) is 2.56. The monoisotopic (exact) mass is 296 g/mol. The minimum atomic E-state index is -4.44. The minimum absolute atomic E-state index is 0.0251. The molecule has 0 aliphatic heterocycles. The predicted molar refractivity (Wildman–Crippen MR) is 72.5 cm³/mol. The van der Waals surface area contributed by atoms with Gasteiger partial charge < -0.3 is 10.2 Å². The molecule has 1 aliphatic carbocycles. The second-order valence-corrected chi connectivity index (χ2v) is 4.86. The second kappa shape index (κ2) is 6.08. The van der Waals surface area contributed by atoms with Crippen LogP contribution in [-0.4, -0.2) is 30.2 Å². The van der Waals surface area contributed by atoms with E-state index in [2.05, 4.69) is 5.92 Å². The number of carbonyl (C=O) groups is 1. The number of nitrogens with zero attached hydrogens (tertiary/aromatic N) is 1. The van der Waals surface area contributed by atoms with Gasteiger partial charge in [-0.25, -0.2) is 4.79 Å². The standard InChI is InChI=1S/C15H15F3N2O/c1-2-9-20(14(21)19-10-15(16,17)18)13-8-7-11-5-3-4-6-12(11)13/h1,3-6,13H,7-10H2,(H,19,21)/t13-/m0/s1. The fourth-order valence-corrected chi connectivity index (χ4v) is 2.56. The van der Waals surface area contributed by atoms with Crippen molar-refractivity contribution in [2.45, 2.75) is 25.1 Å². The molecule has 0 spiro atoms. The van der Waals surface area contributed by atoms with Crippen molar-refractivity contribution in [3.63, 3.8) is 0 Å². The smallest absolute Gasteiger partial charge is 0.329 e. The van der Waals surface area contributed by atoms with Crippen LogP contribution in [0.5, 0.6) is 0 Å². The molecule has 0 unspecified atom stereocenters. The van der Waals surface area contributed by atoms with E-state index in [9.17, 15) is 18.0 Å². The van der Waals surface area contributed by atoms with Crippen molar-refractivity contribution in [1.29, 1.82) is 0 Å². The Morgan fingerprint density at radius 2 is 2.14 bits per heavy atom. The van der Waals surface area contributed by atoms with Gasteiger partial charge in [0.15, 0.2) is 0 Å². The van der Waals surface area contributed by atoms with Crippen molar-refractivity contribution in [2.75, 3.05) is 13.1 Å². The Morgan fingerprint density at radius 3 is 2.81 bits per heavy atom. The van der Waals surface area contributed by atoms with Crippen LogP contribution in [0.4, 0.5) is 18.0 Å². The van der Waals surface area contributed by atoms with Crippen LogP contribution in [0, 0.1) is 12.3 Å². The van der Waals surface area contributed by atoms with Gasteiger partial charge in [-0.1, -0.05) is 30.2 Å². The number of benzene rings is 1. The molecule has 1 N–H and O–H groups in total. The Labute approximate surface area is 121 Å². The lowest BCUT2D eigenvalue weighted by Gasteiger charge is -2.28. The molecule has 3 nitrogen and oxygen atoms in total. The summed E-state index contributed by atoms with van der Waals surface area (Å²) < 4.78 is 36.6. The summed E-state index contributed by atoms with van der Waals surface area (Å²) >= 11 is 0. The van der Waals surface area contributed by atoms with E-state index >= 15 is 0 Å². The number of urea groups is 1. The van der Waals surface area contributed by atoms with E-state index in [0.717, 1.165) is 17.5 Å². The highest BCUT2D eigenvalue weighted by Crippen LogP contribution is 2.35. The molecule has 1 aromatic rings. The van der Waals surface area contributed by atoms with Crippen LogP contribution in [0.2, 0.25) is 0 Å². The van der Waals surface area contributed by atoms with Gasteiger partial charge in [0.25, 0.3) is 0 Å². The van der Waals surface area contributed by atoms with Gasteiger partial charge in [0.05, 0.1) is 12.6 Å². The molecular formula is C15H15F3N2O. The first-order valence-corrected chi connectivity index (χ1v) is 6.55. The summed E-state index contributed by atoms with van der Waals surface area (Å²) in [5.74, 6) is 2.34. The Hall–Kier alpha value is -2.16. The molecule has 0 aromatic heterocycles. The zero-order valence-electron chi connectivity index (χ0n) is 11.3. The van der Waals surface area contributed by atoms with E-state index in [1.54, 1.807) is 0 Å². The summed E-state index contributed by atoms with van der Waals surface area (Å²) in [5.41, 5.74) is 2.06. The number of amides is 2. The molecule has 0 saturated carbocycles. The van der Waals surface area contributed by atoms with E-state index in [0.29, 0.717) is 6.42 Å². The Balaban J connectivity index is 2.13. The first-order valence-electron chi connectivity index (χ1n) is 6.55. The summed E-state index contributed by atoms with van der Waals surface area (Å²) in [4.78, 5) is 13.3. The van der Waals surface area contributed by atoms with Gasteiger partial charge >= 0.3 is 12.2 Å². The lowest BCUT2D eigenvalue weighted by atomic mass is 10.1. The maximum Gasteiger partial charge on any atom is 0.405 e. The van der Waals surface area contributed by atoms with E-state index in [-0.39, 0.29) is 12.6 Å². The van der Waals surface area contributed by atoms with Gasteiger partial charge in [-0.3, -0.25) is 0 Å². The average Bonchev–Trinajstić information content (AvgIpc) is 2.85. The molecule has 0 heterocycles. The zero-order valence-corrected chi connectivity index (χ0v) is 11.3. The SMILES string of the molecule is C#CCN(C(=O)NCC(F)(F)F)[C@H]1CCc2ccccc21. The number of halogens is 3. The molecule has 1 aromatic carbocycles. The first kappa shape index (κ1) is 15.2. The summed E-state index contributed by atoms with van der Waals surface area (Å²) in [5, 5.41) is 1.88. The van der Waals surface area contributed by atoms with Crippen molar-refractivity contribution < 1.29 is 18.0 Å². The molecular weight excluding hydrogens is 281 g/mol. The molecule has 6 heteroatoms. The molecule has 1 atom stereocenters. The molecule has 112 valence electrons. The van der Waals surface area contributed by atoms with Gasteiger partial charge in [-0.2, -0.15) is 13.2 Å². The number of carbonyl (C=O) groups excluding carboxylic acids is 1. The number of fused-ring (bicyclic) bond motifs is 1. The molecule has 0 radical (unpaired) electrons. The van der Waals surface area contributed by atoms with Crippen LogP contribution < -0.4 is 5.32 Å². The quantitative estimate of drug-likeness (QED) is 0.855. The highest BCUT2D eigenvalue weighted by atomic mass is 19.4. The first-order chi connectivity index (χ1) is 9.92. The van der Waals surface area contributed by atoms with Crippen molar-refractivity contribution in [3.8, 4) is 12.3 Å². The molecule has 21 heavy (non-hydrogen) atoms. The maximum absolute atomic E-state index is 12.2. The van der Waals surface area contributed by atoms with Crippen molar-refractivity contribution in [2.24, 2.45) is 0 Å². The lowest BCUT2D eigenvalue weighted by molar-refractivity contribution is -0.123. The summed E-state index contributed by atoms with van der Waals surface area (Å²) in [6.45, 7) is -1.38. The zero-order chi connectivity index (χ0) is 15.5. The van der Waals surface area contributed by atoms with Crippen LogP contribution in [0.3, 0.4) is 0 Å². The molecule has 2 amide bonds. The van der Waals surface area contributed by atoms with Crippen molar-refractivity contribution >= 4 is 6.03 Å². The number of hydrogen-bond acceptors (Lipinski definition) is 1. The predicted octanol–water partition coefficient (Wildman–Crippen LogP) is 2.88. The van der Waals surface area contributed by atoms with Crippen LogP contribution in [0.1, 0.15) is 23.6 Å². The van der Waals surface area contributed by atoms with Crippen LogP contribution in [0.25, 0.3) is 0 Å². The Kier molecular flexibility index (Phi) is 4.41. The van der Waals surface area contributed by atoms with Crippen LogP contribution in [0.15, 0.2) is 24.3 Å². The van der Waals surface area contributed by atoms with Crippen LogP contribution >= 0.6 is 0 Å². The summed E-state index contributed by atoms with van der Waals surface area (Å²) in [7, 11) is 0. The molecule has 0 fully saturated rings. The highest BCUT2D eigenvalue weighted by Gasteiger charge is 2.33. The third kappa shape index (κ3) is 3.69. The topological polar surface area (TPSA) is 32.3 Å². The third-order valence-corrected chi connectivity index (χ3v) is 3.44. The van der Waals surface area contributed by atoms with Gasteiger partial charge in [-0.15, -0.1) is 6.42 Å². The number of hydrogen-bond donors (Lipinski definition) is 1. The molecule has 2 rings (SSSR count). The molecule has 0 saturated heterocycles. The largest absolute Gasteiger partial charge is 0.405 e. The normalized spacial score (nSPS) is 17.0. The summed E-state index contributed by atoms with van der Waals surface area (Å²) in [6, 6.07) is 6.53. The lowest BCUT2D eigenvalue weighted by Crippen LogP contribution is -2.45. The highest BCUT2D eigenvalue weighted by molar-refractivity contribution is 5.75. The Morgan fingerprint density at radius 1 is 1.43 bits per heavy atom. The van der Waals surface area contributed by atoms with E-state index in [1.165, 1.54) is 4.90 Å². The average molecular weight is 296 g/mol. The van der Waals surface area contributed by atoms with Gasteiger partial charge in [-0.05, 0) is 24.0 Å². The third-order valence-electron chi connectivity index (χ3n) is 3.44. The van der Waals surface area contributed by atoms with E-state index in [1.807, 2.05) is 29.6 Å². The van der Waals surface area contributed by atoms with Gasteiger partial charge in [0.1, 0.15) is 6.54 Å². The fraction of sp³-hybridized carbons (Fsp3) is 0.400. The van der Waals surface area contributed by atoms with E-state index in [4.69, 9.17) is 6.42 Å². The van der Waals surface area contributed by atoms with Gasteiger partial charge in [0.2, 0.25) is 0 Å². The summed E-state index contributed by atoms with van der Waals surface area (Å²) in [6.07, 6.45) is 2.26. The second-order valence-electron chi connectivity index (χ2n) is 4.86.